The molecule has 0 aliphatic carbocycles. The van der Waals surface area contributed by atoms with E-state index in [1.54, 1.807) is 20.3 Å². The molecule has 150 valence electrons. The van der Waals surface area contributed by atoms with Gasteiger partial charge < -0.3 is 19.1 Å². The van der Waals surface area contributed by atoms with Crippen LogP contribution >= 0.6 is 11.6 Å². The van der Waals surface area contributed by atoms with Gasteiger partial charge in [0.25, 0.3) is 0 Å². The van der Waals surface area contributed by atoms with E-state index in [0.29, 0.717) is 36.8 Å². The molecule has 7 heteroatoms. The van der Waals surface area contributed by atoms with Crippen molar-refractivity contribution >= 4 is 22.6 Å². The molecule has 0 unspecified atom stereocenters. The Balaban J connectivity index is 1.86. The fraction of sp³-hybridized carbons (Fsp3) is 0.381. The number of ether oxygens (including phenoxy) is 2. The smallest absolute Gasteiger partial charge is 0.175 e. The molecule has 0 aliphatic heterocycles. The number of aromatic hydroxyl groups is 1. The van der Waals surface area contributed by atoms with E-state index in [1.807, 2.05) is 30.3 Å². The normalized spacial score (nSPS) is 11.6. The third-order valence-corrected chi connectivity index (χ3v) is 4.94. The van der Waals surface area contributed by atoms with Gasteiger partial charge >= 0.3 is 0 Å². The summed E-state index contributed by atoms with van der Waals surface area (Å²) in [6, 6.07) is 11.2. The molecule has 0 aliphatic rings. The van der Waals surface area contributed by atoms with Crippen molar-refractivity contribution in [3.63, 3.8) is 0 Å². The first kappa shape index (κ1) is 20.6. The molecule has 1 aromatic heterocycles. The number of benzene rings is 2. The molecule has 0 saturated heterocycles. The van der Waals surface area contributed by atoms with Crippen molar-refractivity contribution in [3.05, 3.63) is 58.2 Å². The molecule has 1 N–H and O–H groups in total. The summed E-state index contributed by atoms with van der Waals surface area (Å²) in [4.78, 5) is 2.16. The second-order valence-corrected chi connectivity index (χ2v) is 7.07. The Morgan fingerprint density at radius 1 is 1.04 bits per heavy atom. The van der Waals surface area contributed by atoms with Gasteiger partial charge in [-0.15, -0.1) is 0 Å². The van der Waals surface area contributed by atoms with E-state index in [-0.39, 0.29) is 5.75 Å². The Bertz CT molecular complexity index is 887. The standard InChI is InChI=1S/C21H25ClN2O4/c1-26-11-9-24(10-12-27-2)14-18-20(25)8-7-17-19(23-28-21(17)18)13-15-3-5-16(22)6-4-15/h3-8,25H,9-14H2,1-2H3. The van der Waals surface area contributed by atoms with Gasteiger partial charge in [-0.2, -0.15) is 0 Å². The lowest BCUT2D eigenvalue weighted by molar-refractivity contribution is 0.110. The van der Waals surface area contributed by atoms with Crippen molar-refractivity contribution in [2.45, 2.75) is 13.0 Å². The van der Waals surface area contributed by atoms with E-state index in [1.165, 1.54) is 0 Å². The lowest BCUT2D eigenvalue weighted by atomic mass is 10.0. The van der Waals surface area contributed by atoms with Gasteiger partial charge in [-0.3, -0.25) is 4.90 Å². The number of rotatable bonds is 10. The van der Waals surface area contributed by atoms with Crippen LogP contribution in [0.25, 0.3) is 11.0 Å². The number of aromatic nitrogens is 1. The van der Waals surface area contributed by atoms with Crippen LogP contribution in [0, 0.1) is 0 Å². The summed E-state index contributed by atoms with van der Waals surface area (Å²) in [5.74, 6) is 0.196. The maximum atomic E-state index is 10.4. The van der Waals surface area contributed by atoms with Gasteiger partial charge in [0.05, 0.1) is 24.5 Å². The van der Waals surface area contributed by atoms with E-state index >= 15 is 0 Å². The summed E-state index contributed by atoms with van der Waals surface area (Å²) in [5, 5.41) is 16.3. The quantitative estimate of drug-likeness (QED) is 0.553. The maximum Gasteiger partial charge on any atom is 0.175 e. The molecule has 0 spiro atoms. The fourth-order valence-corrected chi connectivity index (χ4v) is 3.24. The molecule has 28 heavy (non-hydrogen) atoms. The minimum Gasteiger partial charge on any atom is -0.507 e. The summed E-state index contributed by atoms with van der Waals surface area (Å²) >= 11 is 5.96. The number of nitrogens with zero attached hydrogens (tertiary/aromatic N) is 2. The second kappa shape index (κ2) is 9.89. The van der Waals surface area contributed by atoms with Crippen LogP contribution in [0.5, 0.6) is 5.75 Å². The first-order chi connectivity index (χ1) is 13.6. The number of phenolic OH excluding ortho intramolecular Hbond substituents is 1. The summed E-state index contributed by atoms with van der Waals surface area (Å²) < 4.78 is 16.0. The molecule has 0 fully saturated rings. The molecular formula is C21H25ClN2O4. The number of fused-ring (bicyclic) bond motifs is 1. The van der Waals surface area contributed by atoms with Gasteiger partial charge in [0.2, 0.25) is 0 Å². The van der Waals surface area contributed by atoms with Gasteiger partial charge in [-0.1, -0.05) is 28.9 Å². The van der Waals surface area contributed by atoms with Crippen LogP contribution in [0.2, 0.25) is 5.02 Å². The molecular weight excluding hydrogens is 380 g/mol. The Kier molecular flexibility index (Phi) is 7.28. The van der Waals surface area contributed by atoms with Crippen LogP contribution in [0.1, 0.15) is 16.8 Å². The van der Waals surface area contributed by atoms with Crippen molar-refractivity contribution in [3.8, 4) is 5.75 Å². The summed E-state index contributed by atoms with van der Waals surface area (Å²) in [7, 11) is 3.35. The zero-order valence-electron chi connectivity index (χ0n) is 16.2. The monoisotopic (exact) mass is 404 g/mol. The SMILES string of the molecule is COCCN(CCOC)Cc1c(O)ccc2c(Cc3ccc(Cl)cc3)noc12. The first-order valence-electron chi connectivity index (χ1n) is 9.16. The molecule has 1 heterocycles. The van der Waals surface area contributed by atoms with E-state index in [0.717, 1.165) is 35.3 Å². The molecule has 0 bridgehead atoms. The average molecular weight is 405 g/mol. The minimum absolute atomic E-state index is 0.196. The predicted molar refractivity (Wildman–Crippen MR) is 109 cm³/mol. The number of phenols is 1. The largest absolute Gasteiger partial charge is 0.507 e. The minimum atomic E-state index is 0.196. The van der Waals surface area contributed by atoms with Crippen LogP contribution in [0.4, 0.5) is 0 Å². The topological polar surface area (TPSA) is 68.0 Å². The number of halogens is 1. The van der Waals surface area contributed by atoms with Crippen LogP contribution in [0.3, 0.4) is 0 Å². The third-order valence-electron chi connectivity index (χ3n) is 4.68. The van der Waals surface area contributed by atoms with Gasteiger partial charge in [0.1, 0.15) is 5.75 Å². The van der Waals surface area contributed by atoms with Crippen molar-refractivity contribution in [1.82, 2.24) is 10.1 Å². The second-order valence-electron chi connectivity index (χ2n) is 6.63. The zero-order valence-corrected chi connectivity index (χ0v) is 16.9. The van der Waals surface area contributed by atoms with Crippen LogP contribution < -0.4 is 0 Å². The molecule has 6 nitrogen and oxygen atoms in total. The summed E-state index contributed by atoms with van der Waals surface area (Å²) in [6.07, 6.45) is 0.630. The zero-order chi connectivity index (χ0) is 19.9. The van der Waals surface area contributed by atoms with Crippen LogP contribution in [-0.2, 0) is 22.4 Å². The molecule has 0 atom stereocenters. The van der Waals surface area contributed by atoms with Gasteiger partial charge in [0, 0.05) is 50.7 Å². The highest BCUT2D eigenvalue weighted by Gasteiger charge is 2.18. The van der Waals surface area contributed by atoms with Crippen molar-refractivity contribution in [2.24, 2.45) is 0 Å². The van der Waals surface area contributed by atoms with Crippen molar-refractivity contribution in [2.75, 3.05) is 40.5 Å². The van der Waals surface area contributed by atoms with Crippen molar-refractivity contribution in [1.29, 1.82) is 0 Å². The highest BCUT2D eigenvalue weighted by atomic mass is 35.5. The van der Waals surface area contributed by atoms with Gasteiger partial charge in [0.15, 0.2) is 5.58 Å². The summed E-state index contributed by atoms with van der Waals surface area (Å²) in [5.41, 5.74) is 3.26. The predicted octanol–water partition coefficient (Wildman–Crippen LogP) is 3.87. The summed E-state index contributed by atoms with van der Waals surface area (Å²) in [6.45, 7) is 3.16. The molecule has 0 amide bonds. The van der Waals surface area contributed by atoms with E-state index in [4.69, 9.17) is 25.6 Å². The highest BCUT2D eigenvalue weighted by molar-refractivity contribution is 6.30. The van der Waals surface area contributed by atoms with Crippen molar-refractivity contribution < 1.29 is 19.1 Å². The average Bonchev–Trinajstić information content (AvgIpc) is 3.10. The van der Waals surface area contributed by atoms with E-state index < -0.39 is 0 Å². The van der Waals surface area contributed by atoms with Crippen LogP contribution in [0.15, 0.2) is 40.9 Å². The lowest BCUT2D eigenvalue weighted by Gasteiger charge is -2.22. The Hall–Kier alpha value is -2.12. The molecule has 0 saturated carbocycles. The number of hydrogen-bond acceptors (Lipinski definition) is 6. The first-order valence-corrected chi connectivity index (χ1v) is 9.54. The molecule has 2 aromatic carbocycles. The Morgan fingerprint density at radius 3 is 2.36 bits per heavy atom. The maximum absolute atomic E-state index is 10.4. The van der Waals surface area contributed by atoms with Gasteiger partial charge in [-0.25, -0.2) is 0 Å². The third kappa shape index (κ3) is 5.02. The van der Waals surface area contributed by atoms with E-state index in [2.05, 4.69) is 10.1 Å². The number of hydrogen-bond donors (Lipinski definition) is 1. The van der Waals surface area contributed by atoms with E-state index in [9.17, 15) is 5.11 Å². The molecule has 3 rings (SSSR count). The molecule has 3 aromatic rings. The highest BCUT2D eigenvalue weighted by Crippen LogP contribution is 2.31. The Morgan fingerprint density at radius 2 is 1.71 bits per heavy atom. The molecule has 0 radical (unpaired) electrons. The van der Waals surface area contributed by atoms with Crippen LogP contribution in [-0.4, -0.2) is 55.7 Å². The lowest BCUT2D eigenvalue weighted by Crippen LogP contribution is -2.30. The number of methoxy groups -OCH3 is 2. The van der Waals surface area contributed by atoms with Gasteiger partial charge in [-0.05, 0) is 29.8 Å². The fourth-order valence-electron chi connectivity index (χ4n) is 3.11. The Labute approximate surface area is 169 Å².